The average molecular weight is 343 g/mol. The average Bonchev–Trinajstić information content (AvgIpc) is 2.76. The van der Waals surface area contributed by atoms with Gasteiger partial charge in [-0.15, -0.1) is 12.4 Å². The first kappa shape index (κ1) is 18.5. The van der Waals surface area contributed by atoms with Crippen molar-refractivity contribution in [1.82, 2.24) is 4.90 Å². The van der Waals surface area contributed by atoms with Crippen molar-refractivity contribution in [3.63, 3.8) is 0 Å². The van der Waals surface area contributed by atoms with Gasteiger partial charge in [0.2, 0.25) is 0 Å². The number of benzene rings is 1. The molecule has 1 aliphatic rings. The summed E-state index contributed by atoms with van der Waals surface area (Å²) in [6.45, 7) is 0.567. The molecule has 5 nitrogen and oxygen atoms in total. The van der Waals surface area contributed by atoms with Crippen molar-refractivity contribution in [3.8, 4) is 5.75 Å². The highest BCUT2D eigenvalue weighted by Crippen LogP contribution is 2.30. The quantitative estimate of drug-likeness (QED) is 0.804. The van der Waals surface area contributed by atoms with Crippen LogP contribution in [0.25, 0.3) is 0 Å². The predicted octanol–water partition coefficient (Wildman–Crippen LogP) is 2.59. The maximum atomic E-state index is 12.0. The molecule has 1 saturated heterocycles. The first-order chi connectivity index (χ1) is 10.2. The molecule has 120 valence electrons. The highest BCUT2D eigenvalue weighted by atomic mass is 35.5. The molecule has 0 radical (unpaired) electrons. The number of hydrogen-bond donors (Lipinski definition) is 1. The van der Waals surface area contributed by atoms with E-state index in [0.29, 0.717) is 11.3 Å². The maximum absolute atomic E-state index is 12.0. The summed E-state index contributed by atoms with van der Waals surface area (Å²) in [5.41, 5.74) is 6.55. The zero-order valence-electron chi connectivity index (χ0n) is 12.3. The first-order valence-electron chi connectivity index (χ1n) is 6.72. The largest absolute Gasteiger partial charge is 0.497 e. The van der Waals surface area contributed by atoms with Crippen LogP contribution >= 0.6 is 24.2 Å². The van der Waals surface area contributed by atoms with E-state index in [9.17, 15) is 9.59 Å². The van der Waals surface area contributed by atoms with Gasteiger partial charge in [-0.1, -0.05) is 18.2 Å². The van der Waals surface area contributed by atoms with Crippen LogP contribution in [-0.2, 0) is 11.2 Å². The van der Waals surface area contributed by atoms with E-state index in [4.69, 9.17) is 10.5 Å². The summed E-state index contributed by atoms with van der Waals surface area (Å²) in [5, 5.41) is -0.235. The van der Waals surface area contributed by atoms with E-state index in [0.717, 1.165) is 29.5 Å². The number of rotatable bonds is 6. The molecule has 2 rings (SSSR count). The normalized spacial score (nSPS) is 16.1. The van der Waals surface area contributed by atoms with Crippen molar-refractivity contribution >= 4 is 35.3 Å². The Kier molecular flexibility index (Phi) is 7.44. The van der Waals surface area contributed by atoms with Gasteiger partial charge in [-0.2, -0.15) is 0 Å². The number of nitrogens with two attached hydrogens (primary N) is 1. The lowest BCUT2D eigenvalue weighted by molar-refractivity contribution is -0.122. The number of methoxy groups -OCH3 is 1. The van der Waals surface area contributed by atoms with Crippen molar-refractivity contribution in [2.75, 3.05) is 20.2 Å². The zero-order chi connectivity index (χ0) is 15.2. The van der Waals surface area contributed by atoms with Crippen LogP contribution in [0.1, 0.15) is 12.0 Å². The van der Waals surface area contributed by atoms with E-state index >= 15 is 0 Å². The van der Waals surface area contributed by atoms with E-state index < -0.39 is 0 Å². The molecule has 0 saturated carbocycles. The van der Waals surface area contributed by atoms with Gasteiger partial charge < -0.3 is 10.5 Å². The lowest BCUT2D eigenvalue weighted by Gasteiger charge is -2.09. The molecule has 0 aromatic heterocycles. The minimum atomic E-state index is -0.235. The summed E-state index contributed by atoms with van der Waals surface area (Å²) < 4.78 is 5.10. The van der Waals surface area contributed by atoms with Gasteiger partial charge in [-0.05, 0) is 42.3 Å². The number of thioether (sulfide) groups is 1. The number of ether oxygens (including phenoxy) is 1. The number of imide groups is 1. The number of allylic oxidation sites excluding steroid dienone is 1. The van der Waals surface area contributed by atoms with E-state index in [1.807, 2.05) is 30.3 Å². The first-order valence-corrected chi connectivity index (χ1v) is 7.54. The number of aryl methyl sites for hydroxylation is 1. The van der Waals surface area contributed by atoms with Crippen LogP contribution in [0.5, 0.6) is 5.75 Å². The van der Waals surface area contributed by atoms with Crippen LogP contribution in [0.4, 0.5) is 4.79 Å². The number of hydrogen-bond acceptors (Lipinski definition) is 5. The Morgan fingerprint density at radius 2 is 1.95 bits per heavy atom. The third-order valence-corrected chi connectivity index (χ3v) is 4.10. The van der Waals surface area contributed by atoms with Gasteiger partial charge in [0.1, 0.15) is 5.75 Å². The molecule has 2 N–H and O–H groups in total. The Hall–Kier alpha value is -1.50. The Morgan fingerprint density at radius 3 is 2.55 bits per heavy atom. The van der Waals surface area contributed by atoms with Gasteiger partial charge >= 0.3 is 0 Å². The molecule has 0 aliphatic carbocycles. The minimum Gasteiger partial charge on any atom is -0.497 e. The van der Waals surface area contributed by atoms with Crippen LogP contribution in [0.15, 0.2) is 35.2 Å². The number of carbonyl (C=O) groups excluding carboxylic acids is 2. The van der Waals surface area contributed by atoms with Gasteiger partial charge in [0, 0.05) is 13.1 Å². The van der Waals surface area contributed by atoms with Crippen LogP contribution in [0.3, 0.4) is 0 Å². The maximum Gasteiger partial charge on any atom is 0.293 e. The minimum absolute atomic E-state index is 0. The van der Waals surface area contributed by atoms with E-state index in [2.05, 4.69) is 0 Å². The zero-order valence-corrected chi connectivity index (χ0v) is 13.9. The predicted molar refractivity (Wildman–Crippen MR) is 90.4 cm³/mol. The molecule has 7 heteroatoms. The topological polar surface area (TPSA) is 72.6 Å². The molecule has 0 spiro atoms. The SMILES string of the molecule is COc1ccc(CC/C=C2\SC(=O)N(CCN)C2=O)cc1.Cl. The van der Waals surface area contributed by atoms with E-state index in [1.165, 1.54) is 4.90 Å². The molecule has 1 aliphatic heterocycles. The molecular formula is C15H19ClN2O3S. The second-order valence-corrected chi connectivity index (χ2v) is 5.56. The van der Waals surface area contributed by atoms with Crippen molar-refractivity contribution in [2.24, 2.45) is 5.73 Å². The summed E-state index contributed by atoms with van der Waals surface area (Å²) in [5.74, 6) is 0.590. The fraction of sp³-hybridized carbons (Fsp3) is 0.333. The highest BCUT2D eigenvalue weighted by molar-refractivity contribution is 8.18. The van der Waals surface area contributed by atoms with Crippen molar-refractivity contribution in [2.45, 2.75) is 12.8 Å². The second kappa shape index (κ2) is 8.82. The number of nitrogens with zero attached hydrogens (tertiary/aromatic N) is 1. The van der Waals surface area contributed by atoms with E-state index in [1.54, 1.807) is 7.11 Å². The summed E-state index contributed by atoms with van der Waals surface area (Å²) in [6, 6.07) is 7.80. The number of carbonyl (C=O) groups is 2. The summed E-state index contributed by atoms with van der Waals surface area (Å²) >= 11 is 0.986. The fourth-order valence-corrected chi connectivity index (χ4v) is 2.89. The van der Waals surface area contributed by atoms with Crippen LogP contribution < -0.4 is 10.5 Å². The molecular weight excluding hydrogens is 324 g/mol. The number of halogens is 1. The standard InChI is InChI=1S/C15H18N2O3S.ClH/c1-20-12-7-5-11(6-8-12)3-2-4-13-14(18)17(10-9-16)15(19)21-13;/h4-8H,2-3,9-10,16H2,1H3;1H/b13-4-;. The van der Waals surface area contributed by atoms with E-state index in [-0.39, 0.29) is 36.6 Å². The molecule has 0 bridgehead atoms. The molecule has 22 heavy (non-hydrogen) atoms. The third kappa shape index (κ3) is 4.50. The van der Waals surface area contributed by atoms with Gasteiger partial charge in [-0.3, -0.25) is 14.5 Å². The summed E-state index contributed by atoms with van der Waals surface area (Å²) in [4.78, 5) is 25.3. The van der Waals surface area contributed by atoms with Gasteiger partial charge in [0.15, 0.2) is 0 Å². The Morgan fingerprint density at radius 1 is 1.27 bits per heavy atom. The molecule has 1 aromatic carbocycles. The molecule has 1 fully saturated rings. The molecule has 0 unspecified atom stereocenters. The molecule has 1 heterocycles. The lowest BCUT2D eigenvalue weighted by Crippen LogP contribution is -2.33. The van der Waals surface area contributed by atoms with Crippen LogP contribution in [0, 0.1) is 0 Å². The van der Waals surface area contributed by atoms with Crippen molar-refractivity contribution in [3.05, 3.63) is 40.8 Å². The van der Waals surface area contributed by atoms with Crippen molar-refractivity contribution < 1.29 is 14.3 Å². The smallest absolute Gasteiger partial charge is 0.293 e. The Bertz CT molecular complexity index is 560. The lowest BCUT2D eigenvalue weighted by atomic mass is 10.1. The van der Waals surface area contributed by atoms with Gasteiger partial charge in [0.05, 0.1) is 12.0 Å². The van der Waals surface area contributed by atoms with Crippen LogP contribution in [0.2, 0.25) is 0 Å². The molecule has 0 atom stereocenters. The summed E-state index contributed by atoms with van der Waals surface area (Å²) in [6.07, 6.45) is 3.35. The Balaban J connectivity index is 0.00000242. The fourth-order valence-electron chi connectivity index (χ4n) is 2.02. The van der Waals surface area contributed by atoms with Gasteiger partial charge in [-0.25, -0.2) is 0 Å². The number of amides is 2. The van der Waals surface area contributed by atoms with Crippen LogP contribution in [-0.4, -0.2) is 36.2 Å². The monoisotopic (exact) mass is 342 g/mol. The van der Waals surface area contributed by atoms with Crippen molar-refractivity contribution in [1.29, 1.82) is 0 Å². The second-order valence-electron chi connectivity index (χ2n) is 4.57. The third-order valence-electron chi connectivity index (χ3n) is 3.15. The van der Waals surface area contributed by atoms with Gasteiger partial charge in [0.25, 0.3) is 11.1 Å². The Labute approximate surface area is 140 Å². The summed E-state index contributed by atoms with van der Waals surface area (Å²) in [7, 11) is 1.63. The molecule has 1 aromatic rings. The molecule has 2 amide bonds. The highest BCUT2D eigenvalue weighted by Gasteiger charge is 2.33.